The van der Waals surface area contributed by atoms with E-state index in [1.807, 2.05) is 6.07 Å². The van der Waals surface area contributed by atoms with Crippen LogP contribution in [-0.4, -0.2) is 36.2 Å². The van der Waals surface area contributed by atoms with Crippen molar-refractivity contribution in [3.63, 3.8) is 0 Å². The molecule has 1 saturated carbocycles. The van der Waals surface area contributed by atoms with E-state index in [9.17, 15) is 5.11 Å². The highest BCUT2D eigenvalue weighted by Gasteiger charge is 2.35. The van der Waals surface area contributed by atoms with Crippen LogP contribution in [0.1, 0.15) is 37.3 Å². The molecule has 23 heavy (non-hydrogen) atoms. The van der Waals surface area contributed by atoms with E-state index in [1.54, 1.807) is 6.07 Å². The zero-order chi connectivity index (χ0) is 14.8. The lowest BCUT2D eigenvalue weighted by Crippen LogP contribution is -2.46. The Hall–Kier alpha value is -0.200. The Balaban J connectivity index is 0.00000132. The minimum absolute atomic E-state index is 0. The summed E-state index contributed by atoms with van der Waals surface area (Å²) in [6, 6.07) is 4.01. The van der Waals surface area contributed by atoms with Crippen molar-refractivity contribution in [2.24, 2.45) is 5.92 Å². The molecule has 0 amide bonds. The summed E-state index contributed by atoms with van der Waals surface area (Å²) in [7, 11) is 0. The van der Waals surface area contributed by atoms with Crippen LogP contribution in [0, 0.1) is 5.92 Å². The summed E-state index contributed by atoms with van der Waals surface area (Å²) in [6.07, 6.45) is 5.09. The molecule has 1 saturated heterocycles. The van der Waals surface area contributed by atoms with Gasteiger partial charge in [-0.1, -0.05) is 28.8 Å². The first kappa shape index (κ1) is 20.8. The van der Waals surface area contributed by atoms with Gasteiger partial charge in [0.1, 0.15) is 5.75 Å². The molecule has 1 aliphatic heterocycles. The van der Waals surface area contributed by atoms with Gasteiger partial charge >= 0.3 is 0 Å². The maximum Gasteiger partial charge on any atom is 0.144 e. The fourth-order valence-corrected chi connectivity index (χ4v) is 4.39. The van der Waals surface area contributed by atoms with Gasteiger partial charge in [-0.25, -0.2) is 0 Å². The van der Waals surface area contributed by atoms with Crippen molar-refractivity contribution >= 4 is 46.4 Å². The average molecular weight is 427 g/mol. The van der Waals surface area contributed by atoms with E-state index in [-0.39, 0.29) is 36.6 Å². The van der Waals surface area contributed by atoms with Gasteiger partial charge in [0.15, 0.2) is 0 Å². The SMILES string of the molecule is Cl.Cl.Nc1ccc(Br)c([C@@H](C2CCCC2)N2CCNCC2)c1O. The molecule has 1 aromatic rings. The van der Waals surface area contributed by atoms with Crippen LogP contribution in [0.3, 0.4) is 0 Å². The first-order chi connectivity index (χ1) is 10.2. The molecule has 132 valence electrons. The Morgan fingerprint density at radius 3 is 2.39 bits per heavy atom. The summed E-state index contributed by atoms with van der Waals surface area (Å²) >= 11 is 3.64. The minimum Gasteiger partial charge on any atom is -0.505 e. The Morgan fingerprint density at radius 1 is 1.17 bits per heavy atom. The highest BCUT2D eigenvalue weighted by molar-refractivity contribution is 9.10. The molecule has 0 bridgehead atoms. The van der Waals surface area contributed by atoms with Gasteiger partial charge in [-0.3, -0.25) is 4.90 Å². The first-order valence-electron chi connectivity index (χ1n) is 7.90. The molecule has 0 aromatic heterocycles. The second kappa shape index (κ2) is 9.33. The number of hydrogen-bond acceptors (Lipinski definition) is 4. The van der Waals surface area contributed by atoms with Crippen molar-refractivity contribution < 1.29 is 5.11 Å². The van der Waals surface area contributed by atoms with Crippen LogP contribution in [0.15, 0.2) is 16.6 Å². The molecule has 1 aliphatic carbocycles. The quantitative estimate of drug-likeness (QED) is 0.509. The van der Waals surface area contributed by atoms with Crippen molar-refractivity contribution in [1.82, 2.24) is 10.2 Å². The molecule has 2 aliphatic rings. The van der Waals surface area contributed by atoms with Crippen LogP contribution >= 0.6 is 40.7 Å². The van der Waals surface area contributed by atoms with Gasteiger partial charge in [0.25, 0.3) is 0 Å². The van der Waals surface area contributed by atoms with Crippen molar-refractivity contribution in [3.8, 4) is 5.75 Å². The van der Waals surface area contributed by atoms with Gasteiger partial charge < -0.3 is 16.2 Å². The molecule has 0 spiro atoms. The van der Waals surface area contributed by atoms with Crippen LogP contribution in [0.2, 0.25) is 0 Å². The number of phenolic OH excluding ortho intramolecular Hbond substituents is 1. The van der Waals surface area contributed by atoms with Gasteiger partial charge in [-0.05, 0) is 30.9 Å². The number of aromatic hydroxyl groups is 1. The zero-order valence-electron chi connectivity index (χ0n) is 13.1. The van der Waals surface area contributed by atoms with Crippen molar-refractivity contribution in [3.05, 3.63) is 22.2 Å². The second-order valence-corrected chi connectivity index (χ2v) is 7.03. The Labute approximate surface area is 159 Å². The third-order valence-corrected chi connectivity index (χ3v) is 5.57. The van der Waals surface area contributed by atoms with Crippen LogP contribution in [-0.2, 0) is 0 Å². The van der Waals surface area contributed by atoms with Crippen molar-refractivity contribution in [1.29, 1.82) is 0 Å². The smallest absolute Gasteiger partial charge is 0.144 e. The lowest BCUT2D eigenvalue weighted by molar-refractivity contribution is 0.123. The molecule has 4 nitrogen and oxygen atoms in total. The second-order valence-electron chi connectivity index (χ2n) is 6.17. The molecule has 1 atom stereocenters. The van der Waals surface area contributed by atoms with E-state index < -0.39 is 0 Å². The summed E-state index contributed by atoms with van der Waals surface area (Å²) < 4.78 is 0.977. The predicted molar refractivity (Wildman–Crippen MR) is 104 cm³/mol. The van der Waals surface area contributed by atoms with E-state index in [2.05, 4.69) is 26.1 Å². The lowest BCUT2D eigenvalue weighted by atomic mass is 9.89. The topological polar surface area (TPSA) is 61.5 Å². The van der Waals surface area contributed by atoms with E-state index in [4.69, 9.17) is 5.73 Å². The normalized spacial score (nSPS) is 20.6. The van der Waals surface area contributed by atoms with Crippen molar-refractivity contribution in [2.75, 3.05) is 31.9 Å². The standard InChI is InChI=1S/C16H24BrN3O.2ClH/c17-12-5-6-13(18)16(21)14(12)15(11-3-1-2-4-11)20-9-7-19-8-10-20;;/h5-6,11,15,19,21H,1-4,7-10,18H2;2*1H/t15-;;/m1../s1. The van der Waals surface area contributed by atoms with Gasteiger partial charge in [-0.2, -0.15) is 0 Å². The number of hydrogen-bond donors (Lipinski definition) is 3. The molecule has 4 N–H and O–H groups in total. The lowest BCUT2D eigenvalue weighted by Gasteiger charge is -2.39. The third kappa shape index (κ3) is 4.45. The van der Waals surface area contributed by atoms with E-state index in [0.717, 1.165) is 36.2 Å². The summed E-state index contributed by atoms with van der Waals surface area (Å²) in [5.41, 5.74) is 7.42. The molecule has 2 fully saturated rings. The minimum atomic E-state index is 0. The molecular weight excluding hydrogens is 401 g/mol. The fourth-order valence-electron chi connectivity index (χ4n) is 3.83. The number of anilines is 1. The number of phenols is 1. The monoisotopic (exact) mass is 425 g/mol. The van der Waals surface area contributed by atoms with E-state index in [1.165, 1.54) is 25.7 Å². The van der Waals surface area contributed by atoms with Gasteiger partial charge in [0, 0.05) is 42.3 Å². The number of nitrogens with two attached hydrogens (primary N) is 1. The van der Waals surface area contributed by atoms with Crippen molar-refractivity contribution in [2.45, 2.75) is 31.7 Å². The van der Waals surface area contributed by atoms with Gasteiger partial charge in [0.05, 0.1) is 5.69 Å². The molecule has 1 aromatic carbocycles. The highest BCUT2D eigenvalue weighted by atomic mass is 79.9. The van der Waals surface area contributed by atoms with Crippen LogP contribution in [0.5, 0.6) is 5.75 Å². The largest absolute Gasteiger partial charge is 0.505 e. The summed E-state index contributed by atoms with van der Waals surface area (Å²) in [4.78, 5) is 2.52. The fraction of sp³-hybridized carbons (Fsp3) is 0.625. The third-order valence-electron chi connectivity index (χ3n) is 4.88. The van der Waals surface area contributed by atoms with E-state index in [0.29, 0.717) is 11.6 Å². The molecular formula is C16H26BrCl2N3O. The molecule has 0 radical (unpaired) electrons. The number of nitrogens with one attached hydrogen (secondary N) is 1. The Bertz CT molecular complexity index is 506. The number of halogens is 3. The van der Waals surface area contributed by atoms with Crippen LogP contribution < -0.4 is 11.1 Å². The van der Waals surface area contributed by atoms with Gasteiger partial charge in [-0.15, -0.1) is 24.8 Å². The molecule has 7 heteroatoms. The average Bonchev–Trinajstić information content (AvgIpc) is 3.02. The predicted octanol–water partition coefficient (Wildman–Crippen LogP) is 3.72. The van der Waals surface area contributed by atoms with E-state index >= 15 is 0 Å². The summed E-state index contributed by atoms with van der Waals surface area (Å²) in [6.45, 7) is 4.09. The number of benzene rings is 1. The summed E-state index contributed by atoms with van der Waals surface area (Å²) in [5, 5.41) is 14.0. The molecule has 1 heterocycles. The number of nitrogens with zero attached hydrogens (tertiary/aromatic N) is 1. The molecule has 3 rings (SSSR count). The first-order valence-corrected chi connectivity index (χ1v) is 8.69. The maximum atomic E-state index is 10.5. The van der Waals surface area contributed by atoms with Crippen LogP contribution in [0.4, 0.5) is 5.69 Å². The highest BCUT2D eigenvalue weighted by Crippen LogP contribution is 2.46. The molecule has 0 unspecified atom stereocenters. The number of rotatable bonds is 3. The number of nitrogen functional groups attached to an aromatic ring is 1. The number of piperazine rings is 1. The zero-order valence-corrected chi connectivity index (χ0v) is 16.4. The Morgan fingerprint density at radius 2 is 1.78 bits per heavy atom. The summed E-state index contributed by atoms with van der Waals surface area (Å²) in [5.74, 6) is 0.881. The van der Waals surface area contributed by atoms with Gasteiger partial charge in [0.2, 0.25) is 0 Å². The van der Waals surface area contributed by atoms with Crippen LogP contribution in [0.25, 0.3) is 0 Å². The Kier molecular flexibility index (Phi) is 8.45. The maximum absolute atomic E-state index is 10.5.